The Labute approximate surface area is 103 Å². The first-order valence-corrected chi connectivity index (χ1v) is 5.11. The lowest BCUT2D eigenvalue weighted by Crippen LogP contribution is -2.25. The van der Waals surface area contributed by atoms with Crippen LogP contribution in [0.1, 0.15) is 15.6 Å². The number of likely N-dealkylation sites (N-methyl/N-ethyl adjacent to an activating group) is 1. The fourth-order valence-electron chi connectivity index (χ4n) is 1.37. The number of fused-ring (bicyclic) bond motifs is 1. The van der Waals surface area contributed by atoms with Gasteiger partial charge in [0.25, 0.3) is 0 Å². The largest absolute Gasteiger partial charge is 0.301 e. The smallest absolute Gasteiger partial charge is 0.194 e. The monoisotopic (exact) mass is 293 g/mol. The zero-order valence-corrected chi connectivity index (χ0v) is 9.96. The van der Waals surface area contributed by atoms with E-state index in [1.165, 1.54) is 16.2 Å². The molecular formula is C8H9F6N3S. The molecule has 0 aliphatic carbocycles. The number of hydrogen-bond donors (Lipinski definition) is 0. The van der Waals surface area contributed by atoms with E-state index in [0.29, 0.717) is 5.01 Å². The molecule has 0 N–H and O–H groups in total. The molecule has 0 atom stereocenters. The molecule has 1 aromatic rings. The second-order valence-corrected chi connectivity index (χ2v) is 4.07. The molecule has 0 amide bonds. The van der Waals surface area contributed by atoms with E-state index in [2.05, 4.69) is 23.0 Å². The second kappa shape index (κ2) is 12.1. The Bertz CT molecular complexity index is 353. The van der Waals surface area contributed by atoms with Gasteiger partial charge in [-0.05, 0) is 7.05 Å². The van der Waals surface area contributed by atoms with E-state index in [4.69, 9.17) is 32.7 Å². The number of nitrogens with zero attached hydrogens (tertiary/aromatic N) is 3. The molecule has 1 aromatic heterocycles. The van der Waals surface area contributed by atoms with E-state index in [0.717, 1.165) is 25.2 Å². The van der Waals surface area contributed by atoms with Gasteiger partial charge in [-0.1, -0.05) is 0 Å². The van der Waals surface area contributed by atoms with E-state index < -0.39 is 0 Å². The van der Waals surface area contributed by atoms with Crippen LogP contribution in [0.5, 0.6) is 0 Å². The SMILES string of the molecule is CN1CCc2nc(C#N)sc2C1.FF.FF.FF. The van der Waals surface area contributed by atoms with Crippen molar-refractivity contribution in [3.63, 3.8) is 0 Å². The quantitative estimate of drug-likeness (QED) is 0.687. The van der Waals surface area contributed by atoms with Crippen molar-refractivity contribution in [3.05, 3.63) is 15.6 Å². The maximum Gasteiger partial charge on any atom is 0.194 e. The van der Waals surface area contributed by atoms with Crippen molar-refractivity contribution in [2.75, 3.05) is 13.6 Å². The molecule has 18 heavy (non-hydrogen) atoms. The minimum atomic E-state index is 0.607. The van der Waals surface area contributed by atoms with Crippen molar-refractivity contribution < 1.29 is 27.4 Å². The fourth-order valence-corrected chi connectivity index (χ4v) is 2.36. The predicted octanol–water partition coefficient (Wildman–Crippen LogP) is 3.52. The van der Waals surface area contributed by atoms with Gasteiger partial charge in [0.1, 0.15) is 6.07 Å². The van der Waals surface area contributed by atoms with Gasteiger partial charge in [-0.25, -0.2) is 4.98 Å². The van der Waals surface area contributed by atoms with Crippen molar-refractivity contribution >= 4 is 11.3 Å². The predicted molar refractivity (Wildman–Crippen MR) is 53.5 cm³/mol. The first-order valence-electron chi connectivity index (χ1n) is 4.29. The van der Waals surface area contributed by atoms with Crippen LogP contribution in [0.25, 0.3) is 0 Å². The summed E-state index contributed by atoms with van der Waals surface area (Å²) in [5.41, 5.74) is 1.13. The molecule has 0 fully saturated rings. The molecule has 0 spiro atoms. The molecule has 0 aromatic carbocycles. The standard InChI is InChI=1S/C8H9N3S.3F2/c1-11-3-2-6-7(5-11)12-8(4-9)10-6;3*1-2/h2-3,5H2,1H3;;;. The molecule has 1 aliphatic rings. The molecule has 1 aliphatic heterocycles. The van der Waals surface area contributed by atoms with Crippen molar-refractivity contribution in [2.45, 2.75) is 13.0 Å². The Morgan fingerprint density at radius 1 is 1.22 bits per heavy atom. The van der Waals surface area contributed by atoms with Crippen LogP contribution in [0.3, 0.4) is 0 Å². The van der Waals surface area contributed by atoms with E-state index in [1.807, 2.05) is 0 Å². The fraction of sp³-hybridized carbons (Fsp3) is 0.500. The Balaban J connectivity index is 0. The van der Waals surface area contributed by atoms with Gasteiger partial charge in [-0.2, -0.15) is 5.26 Å². The van der Waals surface area contributed by atoms with Crippen LogP contribution in [0.15, 0.2) is 0 Å². The Morgan fingerprint density at radius 2 is 1.78 bits per heavy atom. The van der Waals surface area contributed by atoms with E-state index >= 15 is 0 Å². The van der Waals surface area contributed by atoms with Crippen LogP contribution >= 0.6 is 11.3 Å². The molecular weight excluding hydrogens is 284 g/mol. The highest BCUT2D eigenvalue weighted by Crippen LogP contribution is 2.23. The maximum absolute atomic E-state index is 8.64. The third kappa shape index (κ3) is 5.83. The summed E-state index contributed by atoms with van der Waals surface area (Å²) in [6, 6.07) is 2.09. The van der Waals surface area contributed by atoms with E-state index in [-0.39, 0.29) is 0 Å². The van der Waals surface area contributed by atoms with Gasteiger partial charge in [0.2, 0.25) is 0 Å². The molecule has 0 bridgehead atoms. The topological polar surface area (TPSA) is 39.9 Å². The highest BCUT2D eigenvalue weighted by atomic mass is 32.1. The summed E-state index contributed by atoms with van der Waals surface area (Å²) >= 11 is 1.53. The summed E-state index contributed by atoms with van der Waals surface area (Å²) in [6.45, 7) is 2.01. The van der Waals surface area contributed by atoms with Gasteiger partial charge in [0.15, 0.2) is 5.01 Å². The van der Waals surface area contributed by atoms with Crippen LogP contribution in [0, 0.1) is 11.3 Å². The molecule has 2 rings (SSSR count). The minimum absolute atomic E-state index is 0.607. The summed E-state index contributed by atoms with van der Waals surface area (Å²) in [5.74, 6) is 0. The van der Waals surface area contributed by atoms with Gasteiger partial charge in [0.05, 0.1) is 5.69 Å². The zero-order valence-electron chi connectivity index (χ0n) is 9.14. The van der Waals surface area contributed by atoms with Crippen molar-refractivity contribution in [1.29, 1.82) is 5.26 Å². The number of nitriles is 1. The van der Waals surface area contributed by atoms with Crippen LogP contribution in [-0.4, -0.2) is 23.5 Å². The maximum atomic E-state index is 8.64. The van der Waals surface area contributed by atoms with Gasteiger partial charge < -0.3 is 4.90 Å². The van der Waals surface area contributed by atoms with Crippen LogP contribution in [-0.2, 0) is 13.0 Å². The number of aromatic nitrogens is 1. The first-order chi connectivity index (χ1) is 8.79. The minimum Gasteiger partial charge on any atom is -0.301 e. The average Bonchev–Trinajstić information content (AvgIpc) is 2.87. The van der Waals surface area contributed by atoms with Crippen molar-refractivity contribution in [2.24, 2.45) is 0 Å². The third-order valence-corrected chi connectivity index (χ3v) is 3.00. The van der Waals surface area contributed by atoms with Gasteiger partial charge in [0, 0.05) is 51.8 Å². The van der Waals surface area contributed by atoms with E-state index in [1.54, 1.807) is 0 Å². The lowest BCUT2D eigenvalue weighted by molar-refractivity contribution is 0.108. The number of rotatable bonds is 0. The molecule has 0 radical (unpaired) electrons. The van der Waals surface area contributed by atoms with Gasteiger partial charge >= 0.3 is 0 Å². The number of thiazole rings is 1. The molecule has 104 valence electrons. The summed E-state index contributed by atoms with van der Waals surface area (Å²) in [4.78, 5) is 7.75. The molecule has 0 saturated heterocycles. The normalized spacial score (nSPS) is 12.3. The molecule has 10 heteroatoms. The van der Waals surface area contributed by atoms with Gasteiger partial charge in [-0.3, -0.25) is 0 Å². The summed E-state index contributed by atoms with van der Waals surface area (Å²) < 4.78 is 48.0. The first kappa shape index (κ1) is 19.0. The molecule has 0 unspecified atom stereocenters. The lowest BCUT2D eigenvalue weighted by Gasteiger charge is -2.20. The average molecular weight is 293 g/mol. The highest BCUT2D eigenvalue weighted by Gasteiger charge is 2.17. The second-order valence-electron chi connectivity index (χ2n) is 2.99. The van der Waals surface area contributed by atoms with Crippen LogP contribution in [0.2, 0.25) is 0 Å². The number of halogens is 6. The zero-order chi connectivity index (χ0) is 14.6. The highest BCUT2D eigenvalue weighted by molar-refractivity contribution is 7.12. The van der Waals surface area contributed by atoms with Crippen LogP contribution in [0.4, 0.5) is 27.4 Å². The third-order valence-electron chi connectivity index (χ3n) is 2.02. The Kier molecular flexibility index (Phi) is 12.8. The molecule has 0 saturated carbocycles. The van der Waals surface area contributed by atoms with Crippen molar-refractivity contribution in [1.82, 2.24) is 9.88 Å². The van der Waals surface area contributed by atoms with Crippen molar-refractivity contribution in [3.8, 4) is 6.07 Å². The lowest BCUT2D eigenvalue weighted by atomic mass is 10.2. The molecule has 2 heterocycles. The van der Waals surface area contributed by atoms with E-state index in [9.17, 15) is 0 Å². The summed E-state index contributed by atoms with van der Waals surface area (Å²) in [5, 5.41) is 9.24. The summed E-state index contributed by atoms with van der Waals surface area (Å²) in [7, 11) is 2.09. The Morgan fingerprint density at radius 3 is 2.28 bits per heavy atom. The summed E-state index contributed by atoms with van der Waals surface area (Å²) in [6.07, 6.45) is 0.990. The van der Waals surface area contributed by atoms with Crippen LogP contribution < -0.4 is 0 Å². The molecule has 3 nitrogen and oxygen atoms in total. The Hall–Kier alpha value is -1.34. The number of hydrogen-bond acceptors (Lipinski definition) is 4. The van der Waals surface area contributed by atoms with Gasteiger partial charge in [-0.15, -0.1) is 11.3 Å².